The van der Waals surface area contributed by atoms with Crippen molar-refractivity contribution in [3.05, 3.63) is 34.6 Å². The fraction of sp³-hybridized carbons (Fsp3) is 0.286. The zero-order valence-corrected chi connectivity index (χ0v) is 12.8. The minimum Gasteiger partial charge on any atom is -0.495 e. The molecule has 0 atom stereocenters. The Balaban J connectivity index is 2.20. The van der Waals surface area contributed by atoms with Crippen LogP contribution in [-0.4, -0.2) is 23.2 Å². The standard InChI is InChI=1S/C14H17ClN4O2/c1-7(2)12-11(16)13(19-18-12)14(20)17-8-4-5-10(21-3)9(15)6-8/h4-7H,16H2,1-3H3,(H,17,20)(H,18,19). The molecule has 0 spiro atoms. The van der Waals surface area contributed by atoms with Crippen molar-refractivity contribution in [2.45, 2.75) is 19.8 Å². The maximum absolute atomic E-state index is 12.2. The van der Waals surface area contributed by atoms with Gasteiger partial charge in [-0.3, -0.25) is 9.89 Å². The van der Waals surface area contributed by atoms with Gasteiger partial charge in [0, 0.05) is 5.69 Å². The second kappa shape index (κ2) is 6.05. The lowest BCUT2D eigenvalue weighted by atomic mass is 10.1. The summed E-state index contributed by atoms with van der Waals surface area (Å²) in [6.07, 6.45) is 0. The van der Waals surface area contributed by atoms with Crippen LogP contribution in [0.1, 0.15) is 35.9 Å². The topological polar surface area (TPSA) is 93.0 Å². The molecule has 0 saturated heterocycles. The van der Waals surface area contributed by atoms with E-state index in [2.05, 4.69) is 15.5 Å². The number of aromatic amines is 1. The summed E-state index contributed by atoms with van der Waals surface area (Å²) in [6.45, 7) is 3.93. The number of methoxy groups -OCH3 is 1. The van der Waals surface area contributed by atoms with E-state index >= 15 is 0 Å². The van der Waals surface area contributed by atoms with Crippen LogP contribution >= 0.6 is 11.6 Å². The number of amides is 1. The van der Waals surface area contributed by atoms with Crippen molar-refractivity contribution >= 4 is 28.9 Å². The first kappa shape index (κ1) is 15.2. The summed E-state index contributed by atoms with van der Waals surface area (Å²) in [4.78, 5) is 12.2. The summed E-state index contributed by atoms with van der Waals surface area (Å²) in [6, 6.07) is 4.96. The minimum atomic E-state index is -0.392. The summed E-state index contributed by atoms with van der Waals surface area (Å²) in [7, 11) is 1.53. The number of nitrogens with one attached hydrogen (secondary N) is 2. The lowest BCUT2D eigenvalue weighted by molar-refractivity contribution is 0.102. The molecule has 0 aliphatic carbocycles. The minimum absolute atomic E-state index is 0.162. The average molecular weight is 309 g/mol. The first-order chi connectivity index (χ1) is 9.93. The zero-order chi connectivity index (χ0) is 15.6. The summed E-state index contributed by atoms with van der Waals surface area (Å²) < 4.78 is 5.06. The maximum atomic E-state index is 12.2. The van der Waals surface area contributed by atoms with Crippen LogP contribution in [0.5, 0.6) is 5.75 Å². The number of nitrogen functional groups attached to an aromatic ring is 1. The molecule has 4 N–H and O–H groups in total. The fourth-order valence-corrected chi connectivity index (χ4v) is 2.17. The molecule has 6 nitrogen and oxygen atoms in total. The Labute approximate surface area is 127 Å². The SMILES string of the molecule is COc1ccc(NC(=O)c2n[nH]c(C(C)C)c2N)cc1Cl. The number of carbonyl (C=O) groups is 1. The van der Waals surface area contributed by atoms with Crippen molar-refractivity contribution in [1.82, 2.24) is 10.2 Å². The molecule has 0 aliphatic rings. The van der Waals surface area contributed by atoms with E-state index in [0.717, 1.165) is 5.69 Å². The van der Waals surface area contributed by atoms with E-state index < -0.39 is 5.91 Å². The van der Waals surface area contributed by atoms with Crippen molar-refractivity contribution in [2.24, 2.45) is 0 Å². The van der Waals surface area contributed by atoms with E-state index in [1.54, 1.807) is 18.2 Å². The molecule has 0 aliphatic heterocycles. The Morgan fingerprint density at radius 2 is 2.19 bits per heavy atom. The van der Waals surface area contributed by atoms with E-state index in [4.69, 9.17) is 22.1 Å². The van der Waals surface area contributed by atoms with E-state index in [-0.39, 0.29) is 11.6 Å². The molecular formula is C14H17ClN4O2. The number of nitrogens with zero attached hydrogens (tertiary/aromatic N) is 1. The van der Waals surface area contributed by atoms with Gasteiger partial charge in [0.15, 0.2) is 5.69 Å². The predicted octanol–water partition coefficient (Wildman–Crippen LogP) is 3.03. The molecule has 1 aromatic heterocycles. The first-order valence-electron chi connectivity index (χ1n) is 6.42. The van der Waals surface area contributed by atoms with Gasteiger partial charge in [0.05, 0.1) is 23.5 Å². The van der Waals surface area contributed by atoms with Gasteiger partial charge in [-0.15, -0.1) is 0 Å². The molecule has 1 aromatic carbocycles. The molecule has 0 saturated carbocycles. The Kier molecular flexibility index (Phi) is 4.37. The number of nitrogens with two attached hydrogens (primary N) is 1. The molecule has 0 unspecified atom stereocenters. The van der Waals surface area contributed by atoms with Crippen molar-refractivity contribution in [2.75, 3.05) is 18.2 Å². The summed E-state index contributed by atoms with van der Waals surface area (Å²) >= 11 is 6.01. The molecule has 2 aromatic rings. The Morgan fingerprint density at radius 1 is 1.48 bits per heavy atom. The van der Waals surface area contributed by atoms with E-state index in [1.807, 2.05) is 13.8 Å². The first-order valence-corrected chi connectivity index (χ1v) is 6.80. The maximum Gasteiger partial charge on any atom is 0.278 e. The number of ether oxygens (including phenoxy) is 1. The monoisotopic (exact) mass is 308 g/mol. The summed E-state index contributed by atoms with van der Waals surface area (Å²) in [5, 5.41) is 9.87. The van der Waals surface area contributed by atoms with Crippen LogP contribution in [0.15, 0.2) is 18.2 Å². The third-order valence-corrected chi connectivity index (χ3v) is 3.33. The number of hydrogen-bond acceptors (Lipinski definition) is 4. The molecular weight excluding hydrogens is 292 g/mol. The van der Waals surface area contributed by atoms with Gasteiger partial charge in [-0.2, -0.15) is 5.10 Å². The molecule has 0 bridgehead atoms. The van der Waals surface area contributed by atoms with Crippen LogP contribution < -0.4 is 15.8 Å². The molecule has 2 rings (SSSR count). The smallest absolute Gasteiger partial charge is 0.278 e. The second-order valence-electron chi connectivity index (χ2n) is 4.86. The van der Waals surface area contributed by atoms with Crippen LogP contribution in [-0.2, 0) is 0 Å². The molecule has 112 valence electrons. The molecule has 0 fully saturated rings. The Morgan fingerprint density at radius 3 is 2.71 bits per heavy atom. The van der Waals surface area contributed by atoms with Gasteiger partial charge in [0.2, 0.25) is 0 Å². The van der Waals surface area contributed by atoms with E-state index in [0.29, 0.717) is 22.1 Å². The average Bonchev–Trinajstić information content (AvgIpc) is 2.81. The lowest BCUT2D eigenvalue weighted by Gasteiger charge is -2.07. The number of rotatable bonds is 4. The third-order valence-electron chi connectivity index (χ3n) is 3.04. The van der Waals surface area contributed by atoms with Gasteiger partial charge in [-0.25, -0.2) is 0 Å². The number of hydrogen-bond donors (Lipinski definition) is 3. The van der Waals surface area contributed by atoms with Crippen LogP contribution in [0, 0.1) is 0 Å². The van der Waals surface area contributed by atoms with Crippen molar-refractivity contribution < 1.29 is 9.53 Å². The van der Waals surface area contributed by atoms with Gasteiger partial charge < -0.3 is 15.8 Å². The largest absolute Gasteiger partial charge is 0.495 e. The van der Waals surface area contributed by atoms with E-state index in [1.165, 1.54) is 7.11 Å². The predicted molar refractivity (Wildman–Crippen MR) is 83.0 cm³/mol. The zero-order valence-electron chi connectivity index (χ0n) is 12.0. The summed E-state index contributed by atoms with van der Waals surface area (Å²) in [5.41, 5.74) is 7.75. The lowest BCUT2D eigenvalue weighted by Crippen LogP contribution is -2.14. The van der Waals surface area contributed by atoms with Gasteiger partial charge in [-0.1, -0.05) is 25.4 Å². The van der Waals surface area contributed by atoms with Gasteiger partial charge in [-0.05, 0) is 24.1 Å². The number of halogens is 1. The van der Waals surface area contributed by atoms with Crippen molar-refractivity contribution in [3.63, 3.8) is 0 Å². The number of anilines is 2. The van der Waals surface area contributed by atoms with Gasteiger partial charge >= 0.3 is 0 Å². The highest BCUT2D eigenvalue weighted by atomic mass is 35.5. The van der Waals surface area contributed by atoms with Crippen LogP contribution in [0.2, 0.25) is 5.02 Å². The third kappa shape index (κ3) is 3.11. The van der Waals surface area contributed by atoms with Crippen LogP contribution in [0.4, 0.5) is 11.4 Å². The molecule has 0 radical (unpaired) electrons. The normalized spacial score (nSPS) is 10.7. The molecule has 21 heavy (non-hydrogen) atoms. The second-order valence-corrected chi connectivity index (χ2v) is 5.26. The molecule has 1 amide bonds. The van der Waals surface area contributed by atoms with Crippen molar-refractivity contribution in [1.29, 1.82) is 0 Å². The van der Waals surface area contributed by atoms with Crippen molar-refractivity contribution in [3.8, 4) is 5.75 Å². The fourth-order valence-electron chi connectivity index (χ4n) is 1.91. The Bertz CT molecular complexity index is 667. The quantitative estimate of drug-likeness (QED) is 0.809. The summed E-state index contributed by atoms with van der Waals surface area (Å²) in [5.74, 6) is 0.308. The molecule has 1 heterocycles. The highest BCUT2D eigenvalue weighted by Crippen LogP contribution is 2.28. The van der Waals surface area contributed by atoms with Crippen LogP contribution in [0.3, 0.4) is 0 Å². The number of benzene rings is 1. The Hall–Kier alpha value is -2.21. The number of H-pyrrole nitrogens is 1. The van der Waals surface area contributed by atoms with Gasteiger partial charge in [0.25, 0.3) is 5.91 Å². The number of carbonyl (C=O) groups excluding carboxylic acids is 1. The van der Waals surface area contributed by atoms with Crippen LogP contribution in [0.25, 0.3) is 0 Å². The van der Waals surface area contributed by atoms with E-state index in [9.17, 15) is 4.79 Å². The number of aromatic nitrogens is 2. The highest BCUT2D eigenvalue weighted by molar-refractivity contribution is 6.32. The molecule has 7 heteroatoms. The highest BCUT2D eigenvalue weighted by Gasteiger charge is 2.19. The van der Waals surface area contributed by atoms with Gasteiger partial charge in [0.1, 0.15) is 5.75 Å².